The minimum atomic E-state index is -0.239. The van der Waals surface area contributed by atoms with Crippen LogP contribution < -0.4 is 5.32 Å². The predicted octanol–water partition coefficient (Wildman–Crippen LogP) is 3.18. The summed E-state index contributed by atoms with van der Waals surface area (Å²) in [7, 11) is 0. The lowest BCUT2D eigenvalue weighted by Gasteiger charge is -2.42. The van der Waals surface area contributed by atoms with Crippen LogP contribution in [-0.2, 0) is 11.3 Å². The maximum absolute atomic E-state index is 12.5. The highest BCUT2D eigenvalue weighted by Crippen LogP contribution is 2.23. The van der Waals surface area contributed by atoms with Crippen molar-refractivity contribution in [3.05, 3.63) is 35.9 Å². The number of ether oxygens (including phenoxy) is 1. The van der Waals surface area contributed by atoms with E-state index in [2.05, 4.69) is 26.1 Å². The molecule has 1 atom stereocenters. The fraction of sp³-hybridized carbons (Fsp3) is 0.588. The van der Waals surface area contributed by atoms with Crippen molar-refractivity contribution in [2.24, 2.45) is 0 Å². The molecule has 1 amide bonds. The number of hydrogen-bond donors (Lipinski definition) is 1. The Morgan fingerprint density at radius 2 is 2.05 bits per heavy atom. The standard InChI is InChI=1S/C17H26N2O2/c1-17(2,3)19(15-10-7-11-18-12-15)16(20)21-13-14-8-5-4-6-9-14/h4-6,8-9,15,18H,7,10-13H2,1-3H3. The van der Waals surface area contributed by atoms with Crippen molar-refractivity contribution in [1.82, 2.24) is 10.2 Å². The second-order valence-electron chi connectivity index (χ2n) is 6.58. The predicted molar refractivity (Wildman–Crippen MR) is 84.1 cm³/mol. The van der Waals surface area contributed by atoms with Gasteiger partial charge >= 0.3 is 6.09 Å². The monoisotopic (exact) mass is 290 g/mol. The smallest absolute Gasteiger partial charge is 0.410 e. The Morgan fingerprint density at radius 3 is 2.62 bits per heavy atom. The molecule has 0 saturated carbocycles. The molecule has 1 aromatic rings. The molecule has 0 bridgehead atoms. The molecule has 4 nitrogen and oxygen atoms in total. The van der Waals surface area contributed by atoms with Gasteiger partial charge < -0.3 is 10.1 Å². The van der Waals surface area contributed by atoms with Gasteiger partial charge in [0.2, 0.25) is 0 Å². The zero-order valence-electron chi connectivity index (χ0n) is 13.3. The molecule has 1 aliphatic heterocycles. The van der Waals surface area contributed by atoms with Gasteiger partial charge in [0, 0.05) is 18.1 Å². The summed E-state index contributed by atoms with van der Waals surface area (Å²) in [5.74, 6) is 0. The van der Waals surface area contributed by atoms with E-state index < -0.39 is 0 Å². The van der Waals surface area contributed by atoms with Gasteiger partial charge in [0.25, 0.3) is 0 Å². The van der Waals surface area contributed by atoms with Crippen molar-refractivity contribution >= 4 is 6.09 Å². The summed E-state index contributed by atoms with van der Waals surface area (Å²) in [6.45, 7) is 8.39. The van der Waals surface area contributed by atoms with Gasteiger partial charge in [0.15, 0.2) is 0 Å². The van der Waals surface area contributed by atoms with Gasteiger partial charge in [0.05, 0.1) is 0 Å². The van der Waals surface area contributed by atoms with Crippen LogP contribution in [0, 0.1) is 0 Å². The Labute approximate surface area is 127 Å². The summed E-state index contributed by atoms with van der Waals surface area (Å²) in [5, 5.41) is 3.37. The van der Waals surface area contributed by atoms with Crippen molar-refractivity contribution in [1.29, 1.82) is 0 Å². The first-order chi connectivity index (χ1) is 9.98. The Bertz CT molecular complexity index is 448. The molecule has 2 rings (SSSR count). The van der Waals surface area contributed by atoms with Crippen LogP contribution in [0.15, 0.2) is 30.3 Å². The van der Waals surface area contributed by atoms with Crippen molar-refractivity contribution in [2.75, 3.05) is 13.1 Å². The van der Waals surface area contributed by atoms with E-state index in [0.29, 0.717) is 6.61 Å². The van der Waals surface area contributed by atoms with E-state index in [1.54, 1.807) is 0 Å². The number of rotatable bonds is 3. The molecule has 1 N–H and O–H groups in total. The van der Waals surface area contributed by atoms with Crippen LogP contribution in [0.1, 0.15) is 39.2 Å². The van der Waals surface area contributed by atoms with Gasteiger partial charge in [-0.05, 0) is 45.7 Å². The van der Waals surface area contributed by atoms with Crippen molar-refractivity contribution in [3.63, 3.8) is 0 Å². The fourth-order valence-electron chi connectivity index (χ4n) is 2.81. The molecule has 1 aliphatic rings. The second-order valence-corrected chi connectivity index (χ2v) is 6.58. The molecule has 1 heterocycles. The fourth-order valence-corrected chi connectivity index (χ4v) is 2.81. The lowest BCUT2D eigenvalue weighted by molar-refractivity contribution is 0.0334. The van der Waals surface area contributed by atoms with E-state index in [-0.39, 0.29) is 17.7 Å². The van der Waals surface area contributed by atoms with E-state index in [1.807, 2.05) is 35.2 Å². The SMILES string of the molecule is CC(C)(C)N(C(=O)OCc1ccccc1)C1CCCNC1. The molecule has 0 spiro atoms. The topological polar surface area (TPSA) is 41.6 Å². The minimum Gasteiger partial charge on any atom is -0.445 e. The Kier molecular flexibility index (Phi) is 5.23. The Hall–Kier alpha value is -1.55. The highest BCUT2D eigenvalue weighted by atomic mass is 16.6. The van der Waals surface area contributed by atoms with Gasteiger partial charge in [0.1, 0.15) is 6.61 Å². The van der Waals surface area contributed by atoms with E-state index >= 15 is 0 Å². The van der Waals surface area contributed by atoms with Crippen LogP contribution in [0.5, 0.6) is 0 Å². The number of carbonyl (C=O) groups is 1. The van der Waals surface area contributed by atoms with Gasteiger partial charge in [-0.25, -0.2) is 4.79 Å². The zero-order valence-corrected chi connectivity index (χ0v) is 13.3. The molecule has 4 heteroatoms. The molecule has 0 radical (unpaired) electrons. The summed E-state index contributed by atoms with van der Waals surface area (Å²) in [5.41, 5.74) is 0.777. The molecule has 1 unspecified atom stereocenters. The number of carbonyl (C=O) groups excluding carboxylic acids is 1. The Balaban J connectivity index is 2.00. The number of hydrogen-bond acceptors (Lipinski definition) is 3. The van der Waals surface area contributed by atoms with E-state index in [0.717, 1.165) is 31.5 Å². The zero-order chi connectivity index (χ0) is 15.3. The van der Waals surface area contributed by atoms with Crippen molar-refractivity contribution < 1.29 is 9.53 Å². The average molecular weight is 290 g/mol. The van der Waals surface area contributed by atoms with Crippen LogP contribution in [0.4, 0.5) is 4.79 Å². The van der Waals surface area contributed by atoms with Gasteiger partial charge in [-0.1, -0.05) is 30.3 Å². The van der Waals surface area contributed by atoms with E-state index in [9.17, 15) is 4.79 Å². The third-order valence-corrected chi connectivity index (χ3v) is 3.76. The maximum Gasteiger partial charge on any atom is 0.410 e. The Morgan fingerprint density at radius 1 is 1.33 bits per heavy atom. The summed E-state index contributed by atoms with van der Waals surface area (Å²) < 4.78 is 5.53. The summed E-state index contributed by atoms with van der Waals surface area (Å²) >= 11 is 0. The van der Waals surface area contributed by atoms with Gasteiger partial charge in [-0.2, -0.15) is 0 Å². The van der Waals surface area contributed by atoms with Crippen molar-refractivity contribution in [2.45, 2.75) is 51.8 Å². The highest BCUT2D eigenvalue weighted by molar-refractivity contribution is 5.69. The third kappa shape index (κ3) is 4.46. The van der Waals surface area contributed by atoms with E-state index in [4.69, 9.17) is 4.74 Å². The van der Waals surface area contributed by atoms with Gasteiger partial charge in [-0.3, -0.25) is 4.90 Å². The number of nitrogens with zero attached hydrogens (tertiary/aromatic N) is 1. The maximum atomic E-state index is 12.5. The third-order valence-electron chi connectivity index (χ3n) is 3.76. The molecule has 116 valence electrons. The van der Waals surface area contributed by atoms with E-state index in [1.165, 1.54) is 0 Å². The average Bonchev–Trinajstić information content (AvgIpc) is 2.46. The van der Waals surface area contributed by atoms with Gasteiger partial charge in [-0.15, -0.1) is 0 Å². The molecule has 1 fully saturated rings. The molecule has 1 aromatic carbocycles. The minimum absolute atomic E-state index is 0.210. The summed E-state index contributed by atoms with van der Waals surface area (Å²) in [4.78, 5) is 14.4. The lowest BCUT2D eigenvalue weighted by Crippen LogP contribution is -2.56. The first kappa shape index (κ1) is 15.8. The molecular weight excluding hydrogens is 264 g/mol. The number of amides is 1. The lowest BCUT2D eigenvalue weighted by atomic mass is 9.99. The number of benzene rings is 1. The molecule has 1 saturated heterocycles. The van der Waals surface area contributed by atoms with Crippen LogP contribution in [0.3, 0.4) is 0 Å². The van der Waals surface area contributed by atoms with Crippen LogP contribution >= 0.6 is 0 Å². The van der Waals surface area contributed by atoms with Crippen molar-refractivity contribution in [3.8, 4) is 0 Å². The molecule has 21 heavy (non-hydrogen) atoms. The van der Waals surface area contributed by atoms with Crippen LogP contribution in [0.25, 0.3) is 0 Å². The molecule has 0 aliphatic carbocycles. The largest absolute Gasteiger partial charge is 0.445 e. The highest BCUT2D eigenvalue weighted by Gasteiger charge is 2.35. The number of nitrogens with one attached hydrogen (secondary N) is 1. The van der Waals surface area contributed by atoms with Crippen LogP contribution in [-0.4, -0.2) is 35.7 Å². The summed E-state index contributed by atoms with van der Waals surface area (Å²) in [6.07, 6.45) is 1.91. The normalized spacial score (nSPS) is 19.1. The molecule has 0 aromatic heterocycles. The summed E-state index contributed by atoms with van der Waals surface area (Å²) in [6, 6.07) is 10.0. The first-order valence-electron chi connectivity index (χ1n) is 7.69. The number of piperidine rings is 1. The van der Waals surface area contributed by atoms with Crippen LogP contribution in [0.2, 0.25) is 0 Å². The quantitative estimate of drug-likeness (QED) is 0.929. The molecular formula is C17H26N2O2. The second kappa shape index (κ2) is 6.94. The first-order valence-corrected chi connectivity index (χ1v) is 7.69.